The van der Waals surface area contributed by atoms with E-state index in [9.17, 15) is 14.4 Å². The molecule has 168 valence electrons. The van der Waals surface area contributed by atoms with Gasteiger partial charge in [0.2, 0.25) is 0 Å². The van der Waals surface area contributed by atoms with Gasteiger partial charge in [-0.25, -0.2) is 0 Å². The topological polar surface area (TPSA) is 106 Å². The van der Waals surface area contributed by atoms with Crippen molar-refractivity contribution in [1.29, 1.82) is 0 Å². The quantitative estimate of drug-likeness (QED) is 0.413. The Labute approximate surface area is 187 Å². The van der Waals surface area contributed by atoms with Crippen molar-refractivity contribution in [1.82, 2.24) is 16.2 Å². The predicted octanol–water partition coefficient (Wildman–Crippen LogP) is 2.61. The van der Waals surface area contributed by atoms with E-state index in [-0.39, 0.29) is 5.91 Å². The van der Waals surface area contributed by atoms with Crippen LogP contribution in [0.4, 0.5) is 0 Å². The van der Waals surface area contributed by atoms with E-state index in [1.54, 1.807) is 61.5 Å². The van der Waals surface area contributed by atoms with Crippen molar-refractivity contribution in [3.8, 4) is 11.5 Å². The highest BCUT2D eigenvalue weighted by Gasteiger charge is 2.23. The third-order valence-corrected chi connectivity index (χ3v) is 4.64. The molecular weight excluding hydrogens is 410 g/mol. The lowest BCUT2D eigenvalue weighted by atomic mass is 10.1. The van der Waals surface area contributed by atoms with Crippen LogP contribution in [0.15, 0.2) is 54.6 Å². The summed E-state index contributed by atoms with van der Waals surface area (Å²) in [6, 6.07) is 14.1. The Hall–Kier alpha value is -3.81. The van der Waals surface area contributed by atoms with Crippen LogP contribution in [0.1, 0.15) is 42.6 Å². The van der Waals surface area contributed by atoms with Crippen molar-refractivity contribution in [2.75, 3.05) is 6.61 Å². The van der Waals surface area contributed by atoms with E-state index in [0.717, 1.165) is 18.4 Å². The second kappa shape index (κ2) is 11.0. The van der Waals surface area contributed by atoms with Gasteiger partial charge in [0.05, 0.1) is 6.61 Å². The number of amides is 3. The van der Waals surface area contributed by atoms with E-state index >= 15 is 0 Å². The molecule has 0 radical (unpaired) electrons. The van der Waals surface area contributed by atoms with Crippen LogP contribution < -0.4 is 25.6 Å². The minimum Gasteiger partial charge on any atom is -0.494 e. The van der Waals surface area contributed by atoms with Crippen molar-refractivity contribution in [3.05, 3.63) is 65.7 Å². The molecule has 3 amide bonds. The first kappa shape index (κ1) is 22.9. The van der Waals surface area contributed by atoms with Gasteiger partial charge in [-0.15, -0.1) is 0 Å². The Balaban J connectivity index is 1.41. The molecule has 1 atom stereocenters. The van der Waals surface area contributed by atoms with E-state index in [2.05, 4.69) is 16.2 Å². The summed E-state index contributed by atoms with van der Waals surface area (Å²) in [5, 5.41) is 2.92. The van der Waals surface area contributed by atoms with Gasteiger partial charge < -0.3 is 14.8 Å². The number of ether oxygens (including phenoxy) is 2. The normalized spacial score (nSPS) is 13.8. The highest BCUT2D eigenvalue weighted by atomic mass is 16.5. The number of hydrogen-bond donors (Lipinski definition) is 3. The second-order valence-electron chi connectivity index (χ2n) is 7.35. The van der Waals surface area contributed by atoms with Crippen LogP contribution >= 0.6 is 0 Å². The molecule has 8 nitrogen and oxygen atoms in total. The number of nitrogens with one attached hydrogen (secondary N) is 3. The number of carbonyl (C=O) groups is 3. The van der Waals surface area contributed by atoms with Crippen molar-refractivity contribution in [2.24, 2.45) is 0 Å². The van der Waals surface area contributed by atoms with Gasteiger partial charge >= 0.3 is 0 Å². The molecule has 2 aromatic carbocycles. The summed E-state index contributed by atoms with van der Waals surface area (Å²) in [6.07, 6.45) is 4.13. The minimum absolute atomic E-state index is 0.0925. The lowest BCUT2D eigenvalue weighted by Gasteiger charge is -2.15. The van der Waals surface area contributed by atoms with Crippen LogP contribution in [-0.2, 0) is 9.59 Å². The van der Waals surface area contributed by atoms with Gasteiger partial charge in [-0.3, -0.25) is 25.2 Å². The fourth-order valence-electron chi connectivity index (χ4n) is 2.72. The largest absolute Gasteiger partial charge is 0.494 e. The highest BCUT2D eigenvalue weighted by Crippen LogP contribution is 2.20. The minimum atomic E-state index is -0.813. The maximum absolute atomic E-state index is 12.1. The van der Waals surface area contributed by atoms with E-state index in [4.69, 9.17) is 9.47 Å². The van der Waals surface area contributed by atoms with Crippen LogP contribution in [0, 0.1) is 0 Å². The van der Waals surface area contributed by atoms with E-state index in [1.165, 1.54) is 6.08 Å². The molecule has 1 fully saturated rings. The zero-order valence-corrected chi connectivity index (χ0v) is 18.1. The van der Waals surface area contributed by atoms with Crippen LogP contribution in [0.2, 0.25) is 0 Å². The van der Waals surface area contributed by atoms with Crippen LogP contribution in [0.5, 0.6) is 11.5 Å². The van der Waals surface area contributed by atoms with Gasteiger partial charge in [0.25, 0.3) is 17.7 Å². The first-order chi connectivity index (χ1) is 15.4. The summed E-state index contributed by atoms with van der Waals surface area (Å²) < 4.78 is 10.9. The van der Waals surface area contributed by atoms with Gasteiger partial charge in [-0.2, -0.15) is 0 Å². The summed E-state index contributed by atoms with van der Waals surface area (Å²) in [4.78, 5) is 36.1. The molecule has 1 aliphatic carbocycles. The zero-order chi connectivity index (χ0) is 22.9. The van der Waals surface area contributed by atoms with Gasteiger partial charge in [0.15, 0.2) is 6.10 Å². The molecule has 0 aliphatic heterocycles. The molecule has 3 rings (SSSR count). The SMILES string of the molecule is CCOc1ccc(OC(C)C(=O)NNC(=O)/C=C/c2ccc(C(=O)NC3CC3)cc2)cc1. The molecule has 32 heavy (non-hydrogen) atoms. The average molecular weight is 437 g/mol. The van der Waals surface area contributed by atoms with Crippen LogP contribution in [0.3, 0.4) is 0 Å². The average Bonchev–Trinajstić information content (AvgIpc) is 3.61. The van der Waals surface area contributed by atoms with Crippen LogP contribution in [0.25, 0.3) is 6.08 Å². The fourth-order valence-corrected chi connectivity index (χ4v) is 2.72. The standard InChI is InChI=1S/C24H27N3O5/c1-3-31-20-11-13-21(14-12-20)32-16(2)23(29)27-26-22(28)15-6-17-4-7-18(8-5-17)24(30)25-19-9-10-19/h4-8,11-16,19H,3,9-10H2,1-2H3,(H,25,30)(H,26,28)(H,27,29)/b15-6+. The number of rotatable bonds is 9. The smallest absolute Gasteiger partial charge is 0.279 e. The Kier molecular flexibility index (Phi) is 7.85. The molecule has 0 heterocycles. The van der Waals surface area contributed by atoms with Crippen molar-refractivity contribution >= 4 is 23.8 Å². The third kappa shape index (κ3) is 7.16. The van der Waals surface area contributed by atoms with Crippen molar-refractivity contribution in [3.63, 3.8) is 0 Å². The summed E-state index contributed by atoms with van der Waals surface area (Å²) in [5.74, 6) is 0.141. The first-order valence-corrected chi connectivity index (χ1v) is 10.5. The number of benzene rings is 2. The summed E-state index contributed by atoms with van der Waals surface area (Å²) >= 11 is 0. The first-order valence-electron chi connectivity index (χ1n) is 10.5. The Morgan fingerprint density at radius 2 is 1.66 bits per heavy atom. The molecule has 8 heteroatoms. The maximum Gasteiger partial charge on any atom is 0.279 e. The van der Waals surface area contributed by atoms with E-state index < -0.39 is 17.9 Å². The lowest BCUT2D eigenvalue weighted by Crippen LogP contribution is -2.46. The summed E-state index contributed by atoms with van der Waals surface area (Å²) in [7, 11) is 0. The van der Waals surface area contributed by atoms with Gasteiger partial charge in [-0.05, 0) is 74.7 Å². The molecule has 1 aliphatic rings. The van der Waals surface area contributed by atoms with Gasteiger partial charge in [0, 0.05) is 17.7 Å². The summed E-state index contributed by atoms with van der Waals surface area (Å²) in [6.45, 7) is 4.04. The van der Waals surface area contributed by atoms with E-state index in [1.807, 2.05) is 6.92 Å². The molecule has 3 N–H and O–H groups in total. The molecular formula is C24H27N3O5. The molecule has 0 saturated heterocycles. The number of carbonyl (C=O) groups excluding carboxylic acids is 3. The van der Waals surface area contributed by atoms with Crippen molar-refractivity contribution < 1.29 is 23.9 Å². The zero-order valence-electron chi connectivity index (χ0n) is 18.1. The molecule has 0 aromatic heterocycles. The van der Waals surface area contributed by atoms with Crippen LogP contribution in [-0.4, -0.2) is 36.5 Å². The fraction of sp³-hybridized carbons (Fsp3) is 0.292. The van der Waals surface area contributed by atoms with Crippen molar-refractivity contribution in [2.45, 2.75) is 38.8 Å². The van der Waals surface area contributed by atoms with E-state index in [0.29, 0.717) is 29.7 Å². The Morgan fingerprint density at radius 3 is 2.28 bits per heavy atom. The van der Waals surface area contributed by atoms with Gasteiger partial charge in [-0.1, -0.05) is 12.1 Å². The molecule has 1 unspecified atom stereocenters. The Morgan fingerprint density at radius 1 is 1.00 bits per heavy atom. The Bertz CT molecular complexity index is 966. The predicted molar refractivity (Wildman–Crippen MR) is 120 cm³/mol. The maximum atomic E-state index is 12.1. The number of hydrogen-bond acceptors (Lipinski definition) is 5. The molecule has 0 bridgehead atoms. The van der Waals surface area contributed by atoms with Gasteiger partial charge in [0.1, 0.15) is 11.5 Å². The third-order valence-electron chi connectivity index (χ3n) is 4.64. The number of hydrazine groups is 1. The lowest BCUT2D eigenvalue weighted by molar-refractivity contribution is -0.131. The summed E-state index contributed by atoms with van der Waals surface area (Å²) in [5.41, 5.74) is 5.97. The highest BCUT2D eigenvalue weighted by molar-refractivity contribution is 5.95. The molecule has 0 spiro atoms. The molecule has 1 saturated carbocycles. The monoisotopic (exact) mass is 437 g/mol. The molecule has 2 aromatic rings. The second-order valence-corrected chi connectivity index (χ2v) is 7.35.